The zero-order chi connectivity index (χ0) is 38.4. The maximum absolute atomic E-state index is 13.7. The Kier molecular flexibility index (Phi) is 14.2. The summed E-state index contributed by atoms with van der Waals surface area (Å²) >= 11 is 0. The Morgan fingerprint density at radius 3 is 1.48 bits per heavy atom. The number of allylic oxidation sites excluding steroid dienone is 4. The van der Waals surface area contributed by atoms with Crippen molar-refractivity contribution in [3.05, 3.63) is 37.5 Å². The van der Waals surface area contributed by atoms with Crippen LogP contribution in [-0.2, 0) is 47.1 Å². The SMILES string of the molecule is C=CC1CC(/C=C\C2CC(C=C)[C@@H]3C(=O)N(CC(=O)OCCOC)C(=O)[C@H]23)[C@@H]2C(=O)N(CC(=O)OCCC[Si](C)(C)O[Si](C)(C)CCCC)C(=O)[C@H]12. The van der Waals surface area contributed by atoms with E-state index in [1.165, 1.54) is 7.11 Å². The van der Waals surface area contributed by atoms with Gasteiger partial charge in [-0.05, 0) is 81.2 Å². The third kappa shape index (κ3) is 9.47. The lowest BCUT2D eigenvalue weighted by molar-refractivity contribution is -0.154. The zero-order valence-corrected chi connectivity index (χ0v) is 33.8. The number of nitrogens with zero attached hydrogens (tertiary/aromatic N) is 2. The van der Waals surface area contributed by atoms with Crippen LogP contribution in [0.5, 0.6) is 0 Å². The molecule has 4 rings (SSSR count). The van der Waals surface area contributed by atoms with Gasteiger partial charge in [0.15, 0.2) is 16.6 Å². The molecule has 4 fully saturated rings. The minimum Gasteiger partial charge on any atom is -0.464 e. The van der Waals surface area contributed by atoms with E-state index in [2.05, 4.69) is 46.3 Å². The molecular weight excluding hydrogens is 701 g/mol. The lowest BCUT2D eigenvalue weighted by Crippen LogP contribution is -2.44. The maximum atomic E-state index is 13.7. The maximum Gasteiger partial charge on any atom is 0.326 e. The Morgan fingerprint density at radius 2 is 1.08 bits per heavy atom. The predicted molar refractivity (Wildman–Crippen MR) is 199 cm³/mol. The van der Waals surface area contributed by atoms with Crippen molar-refractivity contribution in [2.75, 3.05) is 40.0 Å². The summed E-state index contributed by atoms with van der Waals surface area (Å²) in [5, 5.41) is 0. The highest BCUT2D eigenvalue weighted by atomic mass is 28.4. The van der Waals surface area contributed by atoms with Gasteiger partial charge >= 0.3 is 11.9 Å². The van der Waals surface area contributed by atoms with Gasteiger partial charge < -0.3 is 18.3 Å². The average Bonchev–Trinajstić information content (AvgIpc) is 3.78. The first kappa shape index (κ1) is 41.5. The summed E-state index contributed by atoms with van der Waals surface area (Å²) in [7, 11) is -2.21. The molecule has 0 aromatic rings. The van der Waals surface area contributed by atoms with E-state index in [1.807, 2.05) is 12.2 Å². The summed E-state index contributed by atoms with van der Waals surface area (Å²) < 4.78 is 22.1. The molecule has 4 aliphatic rings. The van der Waals surface area contributed by atoms with Crippen molar-refractivity contribution in [1.82, 2.24) is 9.80 Å². The van der Waals surface area contributed by atoms with Gasteiger partial charge in [0.2, 0.25) is 23.6 Å². The second-order valence-corrected chi connectivity index (χ2v) is 24.7. The average molecular weight is 759 g/mol. The van der Waals surface area contributed by atoms with Crippen molar-refractivity contribution in [2.45, 2.75) is 77.3 Å². The number of carbonyl (C=O) groups excluding carboxylic acids is 6. The van der Waals surface area contributed by atoms with Crippen molar-refractivity contribution in [3.63, 3.8) is 0 Å². The molecule has 0 aromatic heterocycles. The van der Waals surface area contributed by atoms with Gasteiger partial charge in [-0.3, -0.25) is 38.6 Å². The molecule has 0 aromatic carbocycles. The minimum atomic E-state index is -1.94. The molecule has 288 valence electrons. The van der Waals surface area contributed by atoms with Crippen LogP contribution in [0.4, 0.5) is 0 Å². The summed E-state index contributed by atoms with van der Waals surface area (Å²) in [6.45, 7) is 18.4. The topological polar surface area (TPSA) is 146 Å². The quantitative estimate of drug-likeness (QED) is 0.0561. The molecule has 8 atom stereocenters. The first-order valence-electron chi connectivity index (χ1n) is 18.7. The lowest BCUT2D eigenvalue weighted by atomic mass is 9.86. The number of amides is 4. The third-order valence-electron chi connectivity index (χ3n) is 11.1. The van der Waals surface area contributed by atoms with E-state index in [0.29, 0.717) is 19.3 Å². The monoisotopic (exact) mass is 758 g/mol. The molecule has 12 nitrogen and oxygen atoms in total. The zero-order valence-electron chi connectivity index (χ0n) is 31.8. The normalized spacial score (nSPS) is 28.9. The van der Waals surface area contributed by atoms with Gasteiger partial charge in [0, 0.05) is 7.11 Å². The lowest BCUT2D eigenvalue weighted by Gasteiger charge is -2.34. The van der Waals surface area contributed by atoms with Crippen LogP contribution in [-0.4, -0.2) is 102 Å². The van der Waals surface area contributed by atoms with Gasteiger partial charge in [0.25, 0.3) is 0 Å². The number of methoxy groups -OCH3 is 1. The van der Waals surface area contributed by atoms with Crippen LogP contribution < -0.4 is 0 Å². The van der Waals surface area contributed by atoms with E-state index in [0.717, 1.165) is 34.7 Å². The van der Waals surface area contributed by atoms with E-state index in [4.69, 9.17) is 18.3 Å². The Labute approximate surface area is 310 Å². The highest BCUT2D eigenvalue weighted by molar-refractivity contribution is 6.84. The Bertz CT molecular complexity index is 1430. The van der Waals surface area contributed by atoms with Gasteiger partial charge in [-0.15, -0.1) is 13.2 Å². The molecule has 2 heterocycles. The largest absolute Gasteiger partial charge is 0.464 e. The van der Waals surface area contributed by atoms with Crippen molar-refractivity contribution in [3.8, 4) is 0 Å². The molecule has 14 heteroatoms. The molecule has 0 radical (unpaired) electrons. The van der Waals surface area contributed by atoms with Gasteiger partial charge in [0.05, 0.1) is 36.9 Å². The van der Waals surface area contributed by atoms with Gasteiger partial charge in [-0.25, -0.2) is 0 Å². The molecule has 4 unspecified atom stereocenters. The Morgan fingerprint density at radius 1 is 0.673 bits per heavy atom. The number of ether oxygens (including phenoxy) is 3. The van der Waals surface area contributed by atoms with E-state index < -0.39 is 89.0 Å². The van der Waals surface area contributed by atoms with E-state index in [1.54, 1.807) is 12.2 Å². The van der Waals surface area contributed by atoms with Crippen molar-refractivity contribution >= 4 is 52.2 Å². The summed E-state index contributed by atoms with van der Waals surface area (Å²) in [6, 6.07) is 1.98. The number of carbonyl (C=O) groups is 6. The number of esters is 2. The van der Waals surface area contributed by atoms with Crippen LogP contribution >= 0.6 is 0 Å². The van der Waals surface area contributed by atoms with E-state index in [-0.39, 0.29) is 43.5 Å². The fourth-order valence-electron chi connectivity index (χ4n) is 8.77. The Balaban J connectivity index is 1.36. The minimum absolute atomic E-state index is 0.0167. The smallest absolute Gasteiger partial charge is 0.326 e. The van der Waals surface area contributed by atoms with Gasteiger partial charge in [-0.2, -0.15) is 0 Å². The second kappa shape index (κ2) is 17.7. The van der Waals surface area contributed by atoms with E-state index in [9.17, 15) is 28.8 Å². The van der Waals surface area contributed by atoms with Crippen LogP contribution in [0.25, 0.3) is 0 Å². The number of unbranched alkanes of at least 4 members (excludes halogenated alkanes) is 1. The second-order valence-electron chi connectivity index (χ2n) is 15.9. The van der Waals surface area contributed by atoms with E-state index >= 15 is 0 Å². The summed E-state index contributed by atoms with van der Waals surface area (Å²) in [5.41, 5.74) is 0. The number of imide groups is 2. The molecule has 2 aliphatic carbocycles. The number of hydrogen-bond donors (Lipinski definition) is 0. The number of likely N-dealkylation sites (tertiary alicyclic amines) is 2. The highest BCUT2D eigenvalue weighted by Gasteiger charge is 2.59. The molecule has 4 amide bonds. The molecule has 2 saturated carbocycles. The van der Waals surface area contributed by atoms with Gasteiger partial charge in [-0.1, -0.05) is 44.1 Å². The van der Waals surface area contributed by atoms with Crippen molar-refractivity contribution < 1.29 is 47.1 Å². The fourth-order valence-corrected chi connectivity index (χ4v) is 17.8. The Hall–Kier alpha value is -3.21. The standard InChI is InChI=1S/C38H58N2O10Si2/c1-9-12-19-51(5,6)50-52(7,8)20-13-16-48-29(41)23-39-35(43)31-25(10-2)21-27(33(31)37(39)45)14-15-28-22-26(11-3)32-34(28)38(46)40(36(32)44)24-30(42)49-18-17-47-4/h10-11,14-15,25-28,31-34H,2-3,9,12-13,16-24H2,1,4-8H3/b15-14-/t25?,26?,27?,28?,31-,32+,33+,34-/m1/s1. The van der Waals surface area contributed by atoms with Gasteiger partial charge in [0.1, 0.15) is 19.7 Å². The molecule has 2 aliphatic heterocycles. The predicted octanol–water partition coefficient (Wildman–Crippen LogP) is 4.74. The fraction of sp³-hybridized carbons (Fsp3) is 0.684. The first-order chi connectivity index (χ1) is 24.6. The number of hydrogen-bond acceptors (Lipinski definition) is 10. The molecule has 2 saturated heterocycles. The molecule has 0 bridgehead atoms. The highest BCUT2D eigenvalue weighted by Crippen LogP contribution is 2.51. The van der Waals surface area contributed by atoms with Crippen LogP contribution in [0.3, 0.4) is 0 Å². The van der Waals surface area contributed by atoms with Crippen LogP contribution in [0.1, 0.15) is 39.0 Å². The first-order valence-corrected chi connectivity index (χ1v) is 25.0. The van der Waals surface area contributed by atoms with Crippen LogP contribution in [0.15, 0.2) is 37.5 Å². The van der Waals surface area contributed by atoms with Crippen LogP contribution in [0, 0.1) is 47.3 Å². The molecule has 0 spiro atoms. The van der Waals surface area contributed by atoms with Crippen molar-refractivity contribution in [1.29, 1.82) is 0 Å². The molecule has 52 heavy (non-hydrogen) atoms. The third-order valence-corrected chi connectivity index (χ3v) is 18.7. The van der Waals surface area contributed by atoms with Crippen LogP contribution in [0.2, 0.25) is 38.3 Å². The summed E-state index contributed by atoms with van der Waals surface area (Å²) in [6.07, 6.45) is 11.1. The van der Waals surface area contributed by atoms with Crippen molar-refractivity contribution in [2.24, 2.45) is 47.3 Å². The number of rotatable bonds is 20. The summed E-state index contributed by atoms with van der Waals surface area (Å²) in [4.78, 5) is 81.4. The molecular formula is C38H58N2O10Si2. The molecule has 0 N–H and O–H groups in total. The summed E-state index contributed by atoms with van der Waals surface area (Å²) in [5.74, 6) is -6.78. The number of fused-ring (bicyclic) bond motifs is 2.